The van der Waals surface area contributed by atoms with Crippen LogP contribution < -0.4 is 10.7 Å². The maximum absolute atomic E-state index is 13.6. The SMILES string of the molecule is CCN(NC(=O)NCCc1ccc(C(=O)OC)cc1Cl)C(=O)c1cc(F)cc(C(F)(F)F)c1. The van der Waals surface area contributed by atoms with Crippen molar-refractivity contribution in [3.8, 4) is 0 Å². The number of nitrogens with zero attached hydrogens (tertiary/aromatic N) is 1. The first-order chi connectivity index (χ1) is 15.5. The molecule has 3 amide bonds. The third kappa shape index (κ3) is 7.07. The average molecular weight is 490 g/mol. The van der Waals surface area contributed by atoms with Gasteiger partial charge in [-0.25, -0.2) is 24.4 Å². The van der Waals surface area contributed by atoms with Crippen molar-refractivity contribution in [2.75, 3.05) is 20.2 Å². The van der Waals surface area contributed by atoms with E-state index >= 15 is 0 Å². The van der Waals surface area contributed by atoms with E-state index in [1.54, 1.807) is 6.07 Å². The fourth-order valence-electron chi connectivity index (χ4n) is 2.77. The molecule has 0 aromatic heterocycles. The summed E-state index contributed by atoms with van der Waals surface area (Å²) in [5, 5.41) is 3.52. The maximum atomic E-state index is 13.6. The zero-order chi connectivity index (χ0) is 24.8. The Morgan fingerprint density at radius 3 is 2.36 bits per heavy atom. The van der Waals surface area contributed by atoms with E-state index in [0.717, 1.165) is 5.01 Å². The summed E-state index contributed by atoms with van der Waals surface area (Å²) in [5.74, 6) is -2.80. The Labute approximate surface area is 191 Å². The Bertz CT molecular complexity index is 1050. The molecular formula is C21H20ClF4N3O4. The van der Waals surface area contributed by atoms with E-state index < -0.39 is 41.0 Å². The zero-order valence-corrected chi connectivity index (χ0v) is 18.3. The van der Waals surface area contributed by atoms with Crippen molar-refractivity contribution < 1.29 is 36.7 Å². The highest BCUT2D eigenvalue weighted by Gasteiger charge is 2.32. The molecule has 12 heteroatoms. The predicted octanol–water partition coefficient (Wildman–Crippen LogP) is 4.20. The van der Waals surface area contributed by atoms with Crippen LogP contribution in [0.3, 0.4) is 0 Å². The Hall–Kier alpha value is -3.34. The highest BCUT2D eigenvalue weighted by atomic mass is 35.5. The summed E-state index contributed by atoms with van der Waals surface area (Å²) in [4.78, 5) is 36.1. The Morgan fingerprint density at radius 1 is 1.09 bits per heavy atom. The molecule has 2 rings (SSSR count). The van der Waals surface area contributed by atoms with E-state index in [4.69, 9.17) is 11.6 Å². The topological polar surface area (TPSA) is 87.7 Å². The summed E-state index contributed by atoms with van der Waals surface area (Å²) < 4.78 is 56.9. The molecule has 2 aromatic rings. The van der Waals surface area contributed by atoms with E-state index in [1.165, 1.54) is 26.2 Å². The van der Waals surface area contributed by atoms with Gasteiger partial charge in [0.15, 0.2) is 0 Å². The molecule has 0 aliphatic carbocycles. The number of hydrogen-bond acceptors (Lipinski definition) is 4. The lowest BCUT2D eigenvalue weighted by Crippen LogP contribution is -2.50. The Balaban J connectivity index is 1.98. The fourth-order valence-corrected chi connectivity index (χ4v) is 3.05. The number of nitrogens with one attached hydrogen (secondary N) is 2. The van der Waals surface area contributed by atoms with Gasteiger partial charge in [-0.15, -0.1) is 0 Å². The van der Waals surface area contributed by atoms with Gasteiger partial charge < -0.3 is 10.1 Å². The van der Waals surface area contributed by atoms with Crippen molar-refractivity contribution in [1.82, 2.24) is 15.8 Å². The molecule has 0 fully saturated rings. The molecule has 0 unspecified atom stereocenters. The second kappa shape index (κ2) is 11.0. The van der Waals surface area contributed by atoms with Gasteiger partial charge in [-0.2, -0.15) is 13.2 Å². The minimum absolute atomic E-state index is 0.0903. The summed E-state index contributed by atoms with van der Waals surface area (Å²) in [6.45, 7) is 1.47. The smallest absolute Gasteiger partial charge is 0.416 e. The van der Waals surface area contributed by atoms with Gasteiger partial charge in [0, 0.05) is 23.7 Å². The number of esters is 1. The van der Waals surface area contributed by atoms with E-state index in [2.05, 4.69) is 15.5 Å². The van der Waals surface area contributed by atoms with Crippen LogP contribution >= 0.6 is 11.6 Å². The molecule has 0 bridgehead atoms. The number of rotatable bonds is 6. The number of carbonyl (C=O) groups is 3. The number of hydrazine groups is 1. The van der Waals surface area contributed by atoms with E-state index in [9.17, 15) is 31.9 Å². The zero-order valence-electron chi connectivity index (χ0n) is 17.6. The van der Waals surface area contributed by atoms with Gasteiger partial charge in [-0.3, -0.25) is 4.79 Å². The normalized spacial score (nSPS) is 11.0. The van der Waals surface area contributed by atoms with Crippen molar-refractivity contribution in [3.63, 3.8) is 0 Å². The molecule has 33 heavy (non-hydrogen) atoms. The first-order valence-electron chi connectivity index (χ1n) is 9.57. The van der Waals surface area contributed by atoms with Crippen molar-refractivity contribution >= 4 is 29.5 Å². The van der Waals surface area contributed by atoms with Crippen LogP contribution in [0.25, 0.3) is 0 Å². The summed E-state index contributed by atoms with van der Waals surface area (Å²) in [6, 6.07) is 5.16. The van der Waals surface area contributed by atoms with Crippen molar-refractivity contribution in [3.05, 3.63) is 69.5 Å². The minimum atomic E-state index is -4.84. The maximum Gasteiger partial charge on any atom is 0.416 e. The van der Waals surface area contributed by atoms with Crippen LogP contribution in [-0.2, 0) is 17.3 Å². The molecule has 0 spiro atoms. The van der Waals surface area contributed by atoms with Gasteiger partial charge in [-0.1, -0.05) is 17.7 Å². The van der Waals surface area contributed by atoms with Crippen molar-refractivity contribution in [1.29, 1.82) is 0 Å². The highest BCUT2D eigenvalue weighted by Crippen LogP contribution is 2.30. The minimum Gasteiger partial charge on any atom is -0.465 e. The largest absolute Gasteiger partial charge is 0.465 e. The van der Waals surface area contributed by atoms with E-state index in [0.29, 0.717) is 17.7 Å². The summed E-state index contributed by atoms with van der Waals surface area (Å²) in [7, 11) is 1.24. The standard InChI is InChI=1S/C21H20ClF4N3O4/c1-3-29(18(30)14-8-15(21(24,25)26)11-16(23)9-14)28-20(32)27-7-6-12-4-5-13(10-17(12)22)19(31)33-2/h4-5,8-11H,3,6-7H2,1-2H3,(H2,27,28,32). The molecule has 0 atom stereocenters. The van der Waals surface area contributed by atoms with Gasteiger partial charge in [0.1, 0.15) is 5.82 Å². The van der Waals surface area contributed by atoms with Crippen molar-refractivity contribution in [2.24, 2.45) is 0 Å². The summed E-state index contributed by atoms with van der Waals surface area (Å²) in [5.41, 5.74) is 1.22. The molecule has 0 saturated carbocycles. The van der Waals surface area contributed by atoms with Gasteiger partial charge >= 0.3 is 18.2 Å². The third-order valence-corrected chi connectivity index (χ3v) is 4.78. The molecule has 0 heterocycles. The van der Waals surface area contributed by atoms with Gasteiger partial charge in [0.2, 0.25) is 0 Å². The number of amides is 3. The van der Waals surface area contributed by atoms with E-state index in [1.807, 2.05) is 0 Å². The van der Waals surface area contributed by atoms with Gasteiger partial charge in [0.25, 0.3) is 5.91 Å². The Morgan fingerprint density at radius 2 is 1.79 bits per heavy atom. The quantitative estimate of drug-likeness (QED) is 0.361. The van der Waals surface area contributed by atoms with Crippen molar-refractivity contribution in [2.45, 2.75) is 19.5 Å². The molecule has 2 N–H and O–H groups in total. The van der Waals surface area contributed by atoms with Gasteiger partial charge in [0.05, 0.1) is 18.2 Å². The Kier molecular flexibility index (Phi) is 8.63. The molecular weight excluding hydrogens is 470 g/mol. The van der Waals surface area contributed by atoms with Crippen LogP contribution in [-0.4, -0.2) is 43.1 Å². The third-order valence-electron chi connectivity index (χ3n) is 4.42. The number of benzene rings is 2. The average Bonchev–Trinajstić information content (AvgIpc) is 2.76. The lowest BCUT2D eigenvalue weighted by atomic mass is 10.1. The molecule has 0 saturated heterocycles. The number of ether oxygens (including phenoxy) is 1. The van der Waals surface area contributed by atoms with Crippen LogP contribution in [0.1, 0.15) is 38.8 Å². The molecule has 2 aromatic carbocycles. The lowest BCUT2D eigenvalue weighted by molar-refractivity contribution is -0.137. The van der Waals surface area contributed by atoms with E-state index in [-0.39, 0.29) is 36.2 Å². The van der Waals surface area contributed by atoms with Crippen LogP contribution in [0.15, 0.2) is 36.4 Å². The van der Waals surface area contributed by atoms with Crippen LogP contribution in [0.5, 0.6) is 0 Å². The van der Waals surface area contributed by atoms with Gasteiger partial charge in [-0.05, 0) is 49.2 Å². The predicted molar refractivity (Wildman–Crippen MR) is 111 cm³/mol. The first kappa shape index (κ1) is 25.9. The van der Waals surface area contributed by atoms with Crippen LogP contribution in [0.2, 0.25) is 5.02 Å². The number of methoxy groups -OCH3 is 1. The number of hydrogen-bond donors (Lipinski definition) is 2. The fraction of sp³-hybridized carbons (Fsp3) is 0.286. The summed E-state index contributed by atoms with van der Waals surface area (Å²) in [6.07, 6.45) is -4.55. The number of urea groups is 1. The lowest BCUT2D eigenvalue weighted by Gasteiger charge is -2.22. The monoisotopic (exact) mass is 489 g/mol. The second-order valence-electron chi connectivity index (χ2n) is 6.69. The van der Waals surface area contributed by atoms with Crippen LogP contribution in [0, 0.1) is 5.82 Å². The molecule has 0 aliphatic heterocycles. The highest BCUT2D eigenvalue weighted by molar-refractivity contribution is 6.31. The first-order valence-corrected chi connectivity index (χ1v) is 9.95. The number of carbonyl (C=O) groups excluding carboxylic acids is 3. The number of alkyl halides is 3. The molecule has 7 nitrogen and oxygen atoms in total. The number of halogens is 5. The molecule has 0 aliphatic rings. The molecule has 178 valence electrons. The molecule has 0 radical (unpaired) electrons. The van der Waals surface area contributed by atoms with Crippen LogP contribution in [0.4, 0.5) is 22.4 Å². The second-order valence-corrected chi connectivity index (χ2v) is 7.10. The summed E-state index contributed by atoms with van der Waals surface area (Å²) >= 11 is 6.12.